The smallest absolute Gasteiger partial charge is 0.146 e. The van der Waals surface area contributed by atoms with Gasteiger partial charge in [-0.15, -0.1) is 0 Å². The molecule has 1 unspecified atom stereocenters. The number of carbonyl (C=O) groups excluding carboxylic acids is 1. The van der Waals surface area contributed by atoms with Crippen LogP contribution < -0.4 is 0 Å². The van der Waals surface area contributed by atoms with E-state index in [1.807, 2.05) is 19.1 Å². The van der Waals surface area contributed by atoms with E-state index in [4.69, 9.17) is 9.47 Å². The van der Waals surface area contributed by atoms with Crippen molar-refractivity contribution >= 4 is 6.29 Å². The normalized spacial score (nSPS) is 24.3. The maximum atomic E-state index is 10.8. The van der Waals surface area contributed by atoms with Gasteiger partial charge in [-0.2, -0.15) is 0 Å². The first kappa shape index (κ1) is 14.0. The quantitative estimate of drug-likeness (QED) is 0.667. The number of aldehydes is 1. The lowest BCUT2D eigenvalue weighted by atomic mass is 9.90. The average Bonchev–Trinajstić information content (AvgIpc) is 2.29. The Morgan fingerprint density at radius 3 is 2.65 bits per heavy atom. The van der Waals surface area contributed by atoms with Gasteiger partial charge in [0.2, 0.25) is 0 Å². The Morgan fingerprint density at radius 2 is 2.12 bits per heavy atom. The first-order valence-electron chi connectivity index (χ1n) is 6.12. The zero-order valence-electron chi connectivity index (χ0n) is 11.1. The van der Waals surface area contributed by atoms with Gasteiger partial charge in [-0.3, -0.25) is 4.79 Å². The standard InChI is InChI=1S/C14H22O3/c1-10(2)7-8-17-13-6-5-12(9-15)11(3)14(13)16-4/h5-6,9-11,14H,7-8H2,1-4H3/t11?,14-/m0/s1. The molecule has 96 valence electrons. The minimum Gasteiger partial charge on any atom is -0.495 e. The molecule has 17 heavy (non-hydrogen) atoms. The molecule has 1 aliphatic carbocycles. The molecular formula is C14H22O3. The third-order valence-corrected chi connectivity index (χ3v) is 3.05. The van der Waals surface area contributed by atoms with Crippen molar-refractivity contribution in [1.82, 2.24) is 0 Å². The second-order valence-electron chi connectivity index (χ2n) is 4.83. The highest BCUT2D eigenvalue weighted by Gasteiger charge is 2.28. The number of methoxy groups -OCH3 is 1. The van der Waals surface area contributed by atoms with Crippen LogP contribution in [0.3, 0.4) is 0 Å². The summed E-state index contributed by atoms with van der Waals surface area (Å²) in [4.78, 5) is 10.8. The lowest BCUT2D eigenvalue weighted by Gasteiger charge is -2.28. The molecule has 0 aliphatic heterocycles. The van der Waals surface area contributed by atoms with Crippen molar-refractivity contribution in [2.75, 3.05) is 13.7 Å². The molecule has 3 nitrogen and oxygen atoms in total. The highest BCUT2D eigenvalue weighted by atomic mass is 16.5. The number of allylic oxidation sites excluding steroid dienone is 2. The summed E-state index contributed by atoms with van der Waals surface area (Å²) < 4.78 is 11.1. The van der Waals surface area contributed by atoms with Gasteiger partial charge in [0, 0.05) is 13.0 Å². The van der Waals surface area contributed by atoms with Crippen LogP contribution in [-0.2, 0) is 14.3 Å². The van der Waals surface area contributed by atoms with Gasteiger partial charge in [-0.1, -0.05) is 26.8 Å². The summed E-state index contributed by atoms with van der Waals surface area (Å²) in [5.74, 6) is 1.50. The maximum absolute atomic E-state index is 10.8. The molecule has 0 aromatic carbocycles. The third kappa shape index (κ3) is 3.70. The zero-order valence-corrected chi connectivity index (χ0v) is 11.1. The first-order valence-corrected chi connectivity index (χ1v) is 6.12. The SMILES string of the molecule is CO[C@@H]1C(OCCC(C)C)=CC=C(C=O)C1C. The van der Waals surface area contributed by atoms with Crippen LogP contribution in [0.1, 0.15) is 27.2 Å². The van der Waals surface area contributed by atoms with E-state index in [0.29, 0.717) is 12.5 Å². The molecule has 0 fully saturated rings. The second kappa shape index (κ2) is 6.60. The average molecular weight is 238 g/mol. The topological polar surface area (TPSA) is 35.5 Å². The molecule has 0 spiro atoms. The molecular weight excluding hydrogens is 216 g/mol. The van der Waals surface area contributed by atoms with Crippen LogP contribution in [0, 0.1) is 11.8 Å². The van der Waals surface area contributed by atoms with E-state index in [2.05, 4.69) is 13.8 Å². The van der Waals surface area contributed by atoms with Crippen LogP contribution in [0.25, 0.3) is 0 Å². The van der Waals surface area contributed by atoms with Crippen LogP contribution >= 0.6 is 0 Å². The summed E-state index contributed by atoms with van der Waals surface area (Å²) in [6.07, 6.45) is 5.42. The fourth-order valence-corrected chi connectivity index (χ4v) is 1.86. The first-order chi connectivity index (χ1) is 8.10. The molecule has 0 radical (unpaired) electrons. The monoisotopic (exact) mass is 238 g/mol. The largest absolute Gasteiger partial charge is 0.495 e. The minimum atomic E-state index is -0.146. The van der Waals surface area contributed by atoms with Crippen LogP contribution in [0.2, 0.25) is 0 Å². The Kier molecular flexibility index (Phi) is 5.42. The van der Waals surface area contributed by atoms with E-state index >= 15 is 0 Å². The van der Waals surface area contributed by atoms with Gasteiger partial charge in [-0.25, -0.2) is 0 Å². The van der Waals surface area contributed by atoms with Gasteiger partial charge < -0.3 is 9.47 Å². The fraction of sp³-hybridized carbons (Fsp3) is 0.643. The second-order valence-corrected chi connectivity index (χ2v) is 4.83. The number of rotatable bonds is 6. The van der Waals surface area contributed by atoms with Crippen molar-refractivity contribution in [3.63, 3.8) is 0 Å². The molecule has 0 amide bonds. The molecule has 0 saturated heterocycles. The Morgan fingerprint density at radius 1 is 1.41 bits per heavy atom. The minimum absolute atomic E-state index is 0.0524. The summed E-state index contributed by atoms with van der Waals surface area (Å²) in [5.41, 5.74) is 0.757. The number of hydrogen-bond donors (Lipinski definition) is 0. The van der Waals surface area contributed by atoms with Gasteiger partial charge in [0.05, 0.1) is 6.61 Å². The molecule has 3 heteroatoms. The van der Waals surface area contributed by atoms with Gasteiger partial charge in [-0.05, 0) is 24.0 Å². The van der Waals surface area contributed by atoms with E-state index in [9.17, 15) is 4.79 Å². The summed E-state index contributed by atoms with van der Waals surface area (Å²) in [7, 11) is 1.65. The van der Waals surface area contributed by atoms with E-state index in [-0.39, 0.29) is 12.0 Å². The van der Waals surface area contributed by atoms with Gasteiger partial charge in [0.1, 0.15) is 18.1 Å². The maximum Gasteiger partial charge on any atom is 0.146 e. The molecule has 1 rings (SSSR count). The molecule has 0 N–H and O–H groups in total. The summed E-state index contributed by atoms with van der Waals surface area (Å²) in [5, 5.41) is 0. The van der Waals surface area contributed by atoms with Crippen LogP contribution in [-0.4, -0.2) is 26.1 Å². The van der Waals surface area contributed by atoms with Crippen molar-refractivity contribution in [2.24, 2.45) is 11.8 Å². The molecule has 2 atom stereocenters. The molecule has 0 saturated carbocycles. The molecule has 0 heterocycles. The predicted molar refractivity (Wildman–Crippen MR) is 67.6 cm³/mol. The van der Waals surface area contributed by atoms with Gasteiger partial charge in [0.25, 0.3) is 0 Å². The molecule has 0 bridgehead atoms. The van der Waals surface area contributed by atoms with E-state index in [0.717, 1.165) is 24.0 Å². The van der Waals surface area contributed by atoms with Crippen LogP contribution in [0.15, 0.2) is 23.5 Å². The lowest BCUT2D eigenvalue weighted by Crippen LogP contribution is -2.28. The Labute approximate surface area is 103 Å². The van der Waals surface area contributed by atoms with Gasteiger partial charge in [0.15, 0.2) is 0 Å². The van der Waals surface area contributed by atoms with E-state index < -0.39 is 0 Å². The number of hydrogen-bond acceptors (Lipinski definition) is 3. The van der Waals surface area contributed by atoms with Crippen LogP contribution in [0.4, 0.5) is 0 Å². The van der Waals surface area contributed by atoms with E-state index in [1.165, 1.54) is 0 Å². The third-order valence-electron chi connectivity index (χ3n) is 3.05. The van der Waals surface area contributed by atoms with Crippen LogP contribution in [0.5, 0.6) is 0 Å². The number of ether oxygens (including phenoxy) is 2. The Balaban J connectivity index is 2.65. The number of carbonyl (C=O) groups is 1. The van der Waals surface area contributed by atoms with Crippen molar-refractivity contribution in [2.45, 2.75) is 33.3 Å². The van der Waals surface area contributed by atoms with Crippen molar-refractivity contribution in [3.8, 4) is 0 Å². The summed E-state index contributed by atoms with van der Waals surface area (Å²) >= 11 is 0. The van der Waals surface area contributed by atoms with Crippen molar-refractivity contribution < 1.29 is 14.3 Å². The summed E-state index contributed by atoms with van der Waals surface area (Å²) in [6.45, 7) is 7.01. The molecule has 1 aliphatic rings. The fourth-order valence-electron chi connectivity index (χ4n) is 1.86. The molecule has 0 aromatic rings. The highest BCUT2D eigenvalue weighted by molar-refractivity contribution is 5.75. The Bertz CT molecular complexity index is 315. The van der Waals surface area contributed by atoms with E-state index in [1.54, 1.807) is 7.11 Å². The Hall–Kier alpha value is -1.09. The predicted octanol–water partition coefficient (Wildman–Crippen LogP) is 2.72. The lowest BCUT2D eigenvalue weighted by molar-refractivity contribution is -0.105. The molecule has 0 aromatic heterocycles. The van der Waals surface area contributed by atoms with Crippen molar-refractivity contribution in [1.29, 1.82) is 0 Å². The highest BCUT2D eigenvalue weighted by Crippen LogP contribution is 2.27. The summed E-state index contributed by atoms with van der Waals surface area (Å²) in [6, 6.07) is 0. The van der Waals surface area contributed by atoms with Gasteiger partial charge >= 0.3 is 0 Å². The van der Waals surface area contributed by atoms with Crippen molar-refractivity contribution in [3.05, 3.63) is 23.5 Å². The zero-order chi connectivity index (χ0) is 12.8.